The van der Waals surface area contributed by atoms with Crippen molar-refractivity contribution >= 4 is 45.2 Å². The lowest BCUT2D eigenvalue weighted by Gasteiger charge is -2.11. The second-order valence-electron chi connectivity index (χ2n) is 4.78. The molecule has 6 heteroatoms. The Bertz CT molecular complexity index is 626. The number of benzene rings is 1. The molecule has 1 saturated carbocycles. The van der Waals surface area contributed by atoms with Crippen molar-refractivity contribution in [2.75, 3.05) is 7.11 Å². The van der Waals surface area contributed by atoms with Crippen molar-refractivity contribution in [2.24, 2.45) is 0 Å². The minimum absolute atomic E-state index is 0.0560. The minimum atomic E-state index is -0.0560. The van der Waals surface area contributed by atoms with Crippen molar-refractivity contribution in [3.8, 4) is 5.75 Å². The molecule has 0 aromatic heterocycles. The van der Waals surface area contributed by atoms with Gasteiger partial charge in [-0.1, -0.05) is 15.9 Å². The van der Waals surface area contributed by atoms with Gasteiger partial charge in [0, 0.05) is 16.1 Å². The van der Waals surface area contributed by atoms with Gasteiger partial charge < -0.3 is 10.1 Å². The third kappa shape index (κ3) is 2.45. The zero-order chi connectivity index (χ0) is 14.3. The summed E-state index contributed by atoms with van der Waals surface area (Å²) < 4.78 is 6.24. The number of amides is 1. The fourth-order valence-corrected chi connectivity index (χ4v) is 2.91. The molecule has 1 aromatic rings. The Morgan fingerprint density at radius 3 is 2.90 bits per heavy atom. The van der Waals surface area contributed by atoms with Crippen LogP contribution in [-0.4, -0.2) is 29.1 Å². The Kier molecular flexibility index (Phi) is 3.52. The molecule has 1 N–H and O–H groups in total. The SMILES string of the molecule is COc1ccc(Br)cc1/C=C1\NC(=S)N(C2CC2)C1=O. The topological polar surface area (TPSA) is 41.6 Å². The summed E-state index contributed by atoms with van der Waals surface area (Å²) >= 11 is 8.65. The molecule has 0 spiro atoms. The van der Waals surface area contributed by atoms with Gasteiger partial charge in [-0.15, -0.1) is 0 Å². The Hall–Kier alpha value is -1.40. The smallest absolute Gasteiger partial charge is 0.276 e. The van der Waals surface area contributed by atoms with E-state index in [0.29, 0.717) is 16.6 Å². The predicted octanol–water partition coefficient (Wildman–Crippen LogP) is 2.68. The van der Waals surface area contributed by atoms with Crippen LogP contribution in [0.25, 0.3) is 6.08 Å². The average Bonchev–Trinajstić information content (AvgIpc) is 3.19. The lowest BCUT2D eigenvalue weighted by Crippen LogP contribution is -2.32. The van der Waals surface area contributed by atoms with Crippen LogP contribution in [0.1, 0.15) is 18.4 Å². The minimum Gasteiger partial charge on any atom is -0.496 e. The molecule has 0 atom stereocenters. The van der Waals surface area contributed by atoms with Gasteiger partial charge in [0.2, 0.25) is 0 Å². The number of carbonyl (C=O) groups is 1. The number of rotatable bonds is 3. The number of methoxy groups -OCH3 is 1. The van der Waals surface area contributed by atoms with E-state index in [4.69, 9.17) is 17.0 Å². The standard InChI is InChI=1S/C14H13BrN2O2S/c1-19-12-5-2-9(15)6-8(12)7-11-13(18)17(10-3-4-10)14(20)16-11/h2,5-7,10H,3-4H2,1H3,(H,16,20)/b11-7-. The van der Waals surface area contributed by atoms with Gasteiger partial charge in [0.1, 0.15) is 11.4 Å². The number of nitrogens with one attached hydrogen (secondary N) is 1. The number of hydrogen-bond donors (Lipinski definition) is 1. The second-order valence-corrected chi connectivity index (χ2v) is 6.08. The Labute approximate surface area is 130 Å². The van der Waals surface area contributed by atoms with E-state index in [9.17, 15) is 4.79 Å². The van der Waals surface area contributed by atoms with Gasteiger partial charge in [0.25, 0.3) is 5.91 Å². The predicted molar refractivity (Wildman–Crippen MR) is 84.3 cm³/mol. The summed E-state index contributed by atoms with van der Waals surface area (Å²) in [4.78, 5) is 14.0. The van der Waals surface area contributed by atoms with Crippen molar-refractivity contribution in [1.29, 1.82) is 0 Å². The molecule has 1 amide bonds. The summed E-state index contributed by atoms with van der Waals surface area (Å²) in [5.74, 6) is 0.658. The van der Waals surface area contributed by atoms with E-state index in [1.54, 1.807) is 18.1 Å². The van der Waals surface area contributed by atoms with E-state index in [1.807, 2.05) is 18.2 Å². The van der Waals surface area contributed by atoms with Gasteiger partial charge in [-0.2, -0.15) is 0 Å². The molecular weight excluding hydrogens is 340 g/mol. The van der Waals surface area contributed by atoms with Crippen LogP contribution in [0.4, 0.5) is 0 Å². The molecule has 0 unspecified atom stereocenters. The van der Waals surface area contributed by atoms with Crippen LogP contribution in [0.15, 0.2) is 28.4 Å². The molecule has 1 aromatic carbocycles. The Balaban J connectivity index is 1.94. The maximum absolute atomic E-state index is 12.3. The lowest BCUT2D eigenvalue weighted by molar-refractivity contribution is -0.122. The number of thiocarbonyl (C=S) groups is 1. The Morgan fingerprint density at radius 1 is 1.50 bits per heavy atom. The van der Waals surface area contributed by atoms with Crippen LogP contribution < -0.4 is 10.1 Å². The third-order valence-electron chi connectivity index (χ3n) is 3.31. The molecular formula is C14H13BrN2O2S. The molecule has 4 nitrogen and oxygen atoms in total. The molecule has 0 radical (unpaired) electrons. The number of ether oxygens (including phenoxy) is 1. The van der Waals surface area contributed by atoms with Crippen LogP contribution >= 0.6 is 28.1 Å². The van der Waals surface area contributed by atoms with Crippen LogP contribution in [0.5, 0.6) is 5.75 Å². The van der Waals surface area contributed by atoms with Crippen molar-refractivity contribution in [2.45, 2.75) is 18.9 Å². The molecule has 0 bridgehead atoms. The molecule has 1 heterocycles. The van der Waals surface area contributed by atoms with Crippen LogP contribution in [0.2, 0.25) is 0 Å². The maximum Gasteiger partial charge on any atom is 0.276 e. The number of carbonyl (C=O) groups excluding carboxylic acids is 1. The van der Waals surface area contributed by atoms with Gasteiger partial charge in [0.15, 0.2) is 5.11 Å². The van der Waals surface area contributed by atoms with E-state index in [2.05, 4.69) is 21.2 Å². The average molecular weight is 353 g/mol. The normalized spacial score (nSPS) is 20.5. The first-order valence-electron chi connectivity index (χ1n) is 6.30. The van der Waals surface area contributed by atoms with Crippen LogP contribution in [-0.2, 0) is 4.79 Å². The lowest BCUT2D eigenvalue weighted by atomic mass is 10.1. The molecule has 104 valence electrons. The largest absolute Gasteiger partial charge is 0.496 e. The van der Waals surface area contributed by atoms with Gasteiger partial charge in [-0.25, -0.2) is 0 Å². The van der Waals surface area contributed by atoms with E-state index in [1.165, 1.54) is 0 Å². The van der Waals surface area contributed by atoms with E-state index in [0.717, 1.165) is 22.9 Å². The van der Waals surface area contributed by atoms with Crippen molar-refractivity contribution in [3.63, 3.8) is 0 Å². The monoisotopic (exact) mass is 352 g/mol. The molecule has 2 fully saturated rings. The zero-order valence-electron chi connectivity index (χ0n) is 10.9. The van der Waals surface area contributed by atoms with Gasteiger partial charge in [0.05, 0.1) is 7.11 Å². The summed E-state index contributed by atoms with van der Waals surface area (Å²) in [6, 6.07) is 5.93. The summed E-state index contributed by atoms with van der Waals surface area (Å²) in [5.41, 5.74) is 1.33. The summed E-state index contributed by atoms with van der Waals surface area (Å²) in [5, 5.41) is 3.49. The van der Waals surface area contributed by atoms with Gasteiger partial charge in [-0.05, 0) is 49.3 Å². The fraction of sp³-hybridized carbons (Fsp3) is 0.286. The van der Waals surface area contributed by atoms with Crippen LogP contribution in [0, 0.1) is 0 Å². The summed E-state index contributed by atoms with van der Waals surface area (Å²) in [6.07, 6.45) is 3.84. The molecule has 2 aliphatic rings. The number of nitrogens with zero attached hydrogens (tertiary/aromatic N) is 1. The van der Waals surface area contributed by atoms with Crippen molar-refractivity contribution in [1.82, 2.24) is 10.2 Å². The summed E-state index contributed by atoms with van der Waals surface area (Å²) in [6.45, 7) is 0. The van der Waals surface area contributed by atoms with E-state index in [-0.39, 0.29) is 11.9 Å². The molecule has 1 aliphatic carbocycles. The molecule has 20 heavy (non-hydrogen) atoms. The highest BCUT2D eigenvalue weighted by atomic mass is 79.9. The fourth-order valence-electron chi connectivity index (χ4n) is 2.19. The van der Waals surface area contributed by atoms with Crippen molar-refractivity contribution in [3.05, 3.63) is 33.9 Å². The third-order valence-corrected chi connectivity index (χ3v) is 4.11. The zero-order valence-corrected chi connectivity index (χ0v) is 13.3. The highest BCUT2D eigenvalue weighted by Gasteiger charge is 2.41. The molecule has 3 rings (SSSR count). The first-order chi connectivity index (χ1) is 9.60. The second kappa shape index (κ2) is 5.18. The first kappa shape index (κ1) is 13.6. The van der Waals surface area contributed by atoms with Gasteiger partial charge in [-0.3, -0.25) is 9.69 Å². The van der Waals surface area contributed by atoms with Crippen LogP contribution in [0.3, 0.4) is 0 Å². The molecule has 1 saturated heterocycles. The number of halogens is 1. The highest BCUT2D eigenvalue weighted by Crippen LogP contribution is 2.32. The van der Waals surface area contributed by atoms with Crippen molar-refractivity contribution < 1.29 is 9.53 Å². The first-order valence-corrected chi connectivity index (χ1v) is 7.50. The van der Waals surface area contributed by atoms with E-state index >= 15 is 0 Å². The quantitative estimate of drug-likeness (QED) is 0.670. The number of hydrogen-bond acceptors (Lipinski definition) is 3. The highest BCUT2D eigenvalue weighted by molar-refractivity contribution is 9.10. The maximum atomic E-state index is 12.3. The summed E-state index contributed by atoms with van der Waals surface area (Å²) in [7, 11) is 1.61. The molecule has 1 aliphatic heterocycles. The van der Waals surface area contributed by atoms with E-state index < -0.39 is 0 Å². The van der Waals surface area contributed by atoms with Gasteiger partial charge >= 0.3 is 0 Å². The Morgan fingerprint density at radius 2 is 2.25 bits per heavy atom.